The maximum atomic E-state index is 12.2. The molecule has 5 heteroatoms. The highest BCUT2D eigenvalue weighted by atomic mass is 16.3. The van der Waals surface area contributed by atoms with Crippen molar-refractivity contribution in [1.82, 2.24) is 0 Å². The minimum absolute atomic E-state index is 0.0362. The summed E-state index contributed by atoms with van der Waals surface area (Å²) in [6.07, 6.45) is 1.51. The maximum absolute atomic E-state index is 12.2. The van der Waals surface area contributed by atoms with Gasteiger partial charge in [0.2, 0.25) is 0 Å². The number of hydrogen-bond donors (Lipinski definition) is 2. The summed E-state index contributed by atoms with van der Waals surface area (Å²) in [7, 11) is 3.87. The quantitative estimate of drug-likeness (QED) is 0.517. The van der Waals surface area contributed by atoms with Crippen molar-refractivity contribution < 1.29 is 9.90 Å². The molecule has 0 spiro atoms. The van der Waals surface area contributed by atoms with Crippen molar-refractivity contribution in [1.29, 1.82) is 5.26 Å². The average molecular weight is 307 g/mol. The van der Waals surface area contributed by atoms with Gasteiger partial charge in [0, 0.05) is 19.8 Å². The molecule has 0 aliphatic rings. The molecule has 0 radical (unpaired) electrons. The fourth-order valence-corrected chi connectivity index (χ4v) is 1.95. The van der Waals surface area contributed by atoms with Crippen LogP contribution in [0.15, 0.2) is 54.1 Å². The first-order valence-electron chi connectivity index (χ1n) is 7.00. The molecule has 116 valence electrons. The fraction of sp³-hybridized carbons (Fsp3) is 0.111. The predicted octanol–water partition coefficient (Wildman–Crippen LogP) is 3.00. The van der Waals surface area contributed by atoms with Crippen molar-refractivity contribution in [3.8, 4) is 11.8 Å². The molecule has 0 aromatic heterocycles. The van der Waals surface area contributed by atoms with Gasteiger partial charge >= 0.3 is 0 Å². The molecule has 0 saturated carbocycles. The molecule has 0 unspecified atom stereocenters. The van der Waals surface area contributed by atoms with Crippen LogP contribution in [0.1, 0.15) is 5.56 Å². The Kier molecular flexibility index (Phi) is 5.00. The number of benzene rings is 2. The molecular formula is C18H17N3O2. The first-order valence-corrected chi connectivity index (χ1v) is 7.00. The number of hydrogen-bond acceptors (Lipinski definition) is 4. The van der Waals surface area contributed by atoms with Crippen molar-refractivity contribution in [2.45, 2.75) is 0 Å². The largest absolute Gasteiger partial charge is 0.506 e. The number of anilines is 2. The van der Waals surface area contributed by atoms with Crippen LogP contribution in [0.5, 0.6) is 5.75 Å². The van der Waals surface area contributed by atoms with E-state index in [-0.39, 0.29) is 17.0 Å². The van der Waals surface area contributed by atoms with E-state index in [4.69, 9.17) is 0 Å². The van der Waals surface area contributed by atoms with Crippen molar-refractivity contribution in [3.63, 3.8) is 0 Å². The van der Waals surface area contributed by atoms with Crippen molar-refractivity contribution in [3.05, 3.63) is 59.7 Å². The lowest BCUT2D eigenvalue weighted by molar-refractivity contribution is -0.112. The highest BCUT2D eigenvalue weighted by Gasteiger charge is 2.11. The second kappa shape index (κ2) is 7.14. The summed E-state index contributed by atoms with van der Waals surface area (Å²) in [6, 6.07) is 15.7. The third kappa shape index (κ3) is 4.11. The van der Waals surface area contributed by atoms with Crippen LogP contribution >= 0.6 is 0 Å². The Morgan fingerprint density at radius 2 is 1.83 bits per heavy atom. The number of phenols is 1. The van der Waals surface area contributed by atoms with Gasteiger partial charge in [-0.15, -0.1) is 0 Å². The Morgan fingerprint density at radius 1 is 1.17 bits per heavy atom. The molecule has 23 heavy (non-hydrogen) atoms. The second-order valence-electron chi connectivity index (χ2n) is 5.13. The fourth-order valence-electron chi connectivity index (χ4n) is 1.95. The Morgan fingerprint density at radius 3 is 2.39 bits per heavy atom. The zero-order valence-corrected chi connectivity index (χ0v) is 12.9. The van der Waals surface area contributed by atoms with E-state index in [9.17, 15) is 15.2 Å². The Balaban J connectivity index is 2.20. The summed E-state index contributed by atoms with van der Waals surface area (Å²) in [6.45, 7) is 0. The third-order valence-electron chi connectivity index (χ3n) is 3.24. The van der Waals surface area contributed by atoms with Gasteiger partial charge in [-0.2, -0.15) is 5.26 Å². The number of nitrogens with zero attached hydrogens (tertiary/aromatic N) is 2. The van der Waals surface area contributed by atoms with E-state index >= 15 is 0 Å². The summed E-state index contributed by atoms with van der Waals surface area (Å²) < 4.78 is 0. The Hall–Kier alpha value is -3.26. The number of amides is 1. The summed E-state index contributed by atoms with van der Waals surface area (Å²) in [5.41, 5.74) is 2.01. The first kappa shape index (κ1) is 16.1. The molecule has 2 aromatic rings. The number of phenolic OH excluding ortho intramolecular Hbond substituents is 1. The molecule has 5 nitrogen and oxygen atoms in total. The van der Waals surface area contributed by atoms with Gasteiger partial charge in [0.15, 0.2) is 0 Å². The SMILES string of the molecule is CN(C)c1ccc(/C=C(\C#N)C(=O)Nc2ccccc2O)cc1. The standard InChI is InChI=1S/C18H17N3O2/c1-21(2)15-9-7-13(8-10-15)11-14(12-19)18(23)20-16-5-3-4-6-17(16)22/h3-11,22H,1-2H3,(H,20,23)/b14-11+. The molecule has 0 bridgehead atoms. The van der Waals surface area contributed by atoms with E-state index in [0.717, 1.165) is 11.3 Å². The average Bonchev–Trinajstić information content (AvgIpc) is 2.55. The number of rotatable bonds is 4. The Bertz CT molecular complexity index is 772. The molecule has 0 aliphatic heterocycles. The van der Waals surface area contributed by atoms with Crippen LogP contribution in [-0.2, 0) is 4.79 Å². The van der Waals surface area contributed by atoms with Crippen molar-refractivity contribution >= 4 is 23.4 Å². The number of carbonyl (C=O) groups is 1. The highest BCUT2D eigenvalue weighted by molar-refractivity contribution is 6.10. The predicted molar refractivity (Wildman–Crippen MR) is 91.1 cm³/mol. The third-order valence-corrected chi connectivity index (χ3v) is 3.24. The van der Waals surface area contributed by atoms with Gasteiger partial charge in [-0.3, -0.25) is 4.79 Å². The first-order chi connectivity index (χ1) is 11.0. The maximum Gasteiger partial charge on any atom is 0.266 e. The van der Waals surface area contributed by atoms with Gasteiger partial charge < -0.3 is 15.3 Å². The number of carbonyl (C=O) groups excluding carboxylic acids is 1. The number of nitrogens with one attached hydrogen (secondary N) is 1. The van der Waals surface area contributed by atoms with E-state index in [1.165, 1.54) is 12.1 Å². The molecule has 2 rings (SSSR count). The molecule has 0 saturated heterocycles. The summed E-state index contributed by atoms with van der Waals surface area (Å²) in [5.74, 6) is -0.612. The van der Waals surface area contributed by atoms with Gasteiger partial charge in [-0.1, -0.05) is 24.3 Å². The number of para-hydroxylation sites is 2. The molecule has 1 amide bonds. The lowest BCUT2D eigenvalue weighted by Gasteiger charge is -2.12. The van der Waals surface area contributed by atoms with Gasteiger partial charge in [0.25, 0.3) is 5.91 Å². The van der Waals surface area contributed by atoms with Gasteiger partial charge in [0.05, 0.1) is 5.69 Å². The molecular weight excluding hydrogens is 290 g/mol. The van der Waals surface area contributed by atoms with Crippen LogP contribution in [-0.4, -0.2) is 25.1 Å². The van der Waals surface area contributed by atoms with Crippen LogP contribution in [0.2, 0.25) is 0 Å². The second-order valence-corrected chi connectivity index (χ2v) is 5.13. The lowest BCUT2D eigenvalue weighted by Crippen LogP contribution is -2.13. The molecule has 2 aromatic carbocycles. The van der Waals surface area contributed by atoms with E-state index in [0.29, 0.717) is 0 Å². The van der Waals surface area contributed by atoms with Gasteiger partial charge in [-0.25, -0.2) is 0 Å². The zero-order chi connectivity index (χ0) is 16.8. The molecule has 0 aliphatic carbocycles. The van der Waals surface area contributed by atoms with Gasteiger partial charge in [-0.05, 0) is 35.9 Å². The van der Waals surface area contributed by atoms with Crippen molar-refractivity contribution in [2.24, 2.45) is 0 Å². The van der Waals surface area contributed by atoms with Crippen LogP contribution in [0.3, 0.4) is 0 Å². The molecule has 0 heterocycles. The number of aromatic hydroxyl groups is 1. The van der Waals surface area contributed by atoms with Crippen molar-refractivity contribution in [2.75, 3.05) is 24.3 Å². The van der Waals surface area contributed by atoms with Crippen LogP contribution in [0.4, 0.5) is 11.4 Å². The molecule has 0 atom stereocenters. The van der Waals surface area contributed by atoms with Crippen LogP contribution < -0.4 is 10.2 Å². The minimum Gasteiger partial charge on any atom is -0.506 e. The monoisotopic (exact) mass is 307 g/mol. The van der Waals surface area contributed by atoms with Crippen LogP contribution in [0.25, 0.3) is 6.08 Å². The normalized spacial score (nSPS) is 10.7. The zero-order valence-electron chi connectivity index (χ0n) is 12.9. The number of nitriles is 1. The Labute approximate surface area is 135 Å². The van der Waals surface area contributed by atoms with E-state index in [1.807, 2.05) is 49.3 Å². The van der Waals surface area contributed by atoms with E-state index in [2.05, 4.69) is 5.32 Å². The minimum atomic E-state index is -0.564. The lowest BCUT2D eigenvalue weighted by atomic mass is 10.1. The van der Waals surface area contributed by atoms with E-state index < -0.39 is 5.91 Å². The highest BCUT2D eigenvalue weighted by Crippen LogP contribution is 2.22. The summed E-state index contributed by atoms with van der Waals surface area (Å²) >= 11 is 0. The molecule has 2 N–H and O–H groups in total. The summed E-state index contributed by atoms with van der Waals surface area (Å²) in [5, 5.41) is 21.4. The van der Waals surface area contributed by atoms with Crippen LogP contribution in [0, 0.1) is 11.3 Å². The summed E-state index contributed by atoms with van der Waals surface area (Å²) in [4.78, 5) is 14.1. The topological polar surface area (TPSA) is 76.4 Å². The molecule has 0 fully saturated rings. The smallest absolute Gasteiger partial charge is 0.266 e. The van der Waals surface area contributed by atoms with Gasteiger partial charge in [0.1, 0.15) is 17.4 Å². The van der Waals surface area contributed by atoms with E-state index in [1.54, 1.807) is 18.2 Å².